The third-order valence-corrected chi connectivity index (χ3v) is 10.4. The second-order valence-electron chi connectivity index (χ2n) is 14.3. The zero-order valence-corrected chi connectivity index (χ0v) is 32.6. The minimum absolute atomic E-state index is 0.0362. The van der Waals surface area contributed by atoms with Gasteiger partial charge in [0.2, 0.25) is 5.83 Å². The second kappa shape index (κ2) is 15.7. The van der Waals surface area contributed by atoms with E-state index in [9.17, 15) is 48.3 Å². The van der Waals surface area contributed by atoms with E-state index < -0.39 is 115 Å². The number of aromatic amines is 2. The summed E-state index contributed by atoms with van der Waals surface area (Å²) in [4.78, 5) is 12.6. The van der Waals surface area contributed by atoms with Gasteiger partial charge in [-0.2, -0.15) is 74.6 Å². The molecule has 4 nitrogen and oxygen atoms in total. The zero-order valence-electron chi connectivity index (χ0n) is 31.8. The van der Waals surface area contributed by atoms with Crippen LogP contribution in [-0.4, -0.2) is 61.1 Å². The molecule has 3 aromatic heterocycles. The molecular formula is C42H20ClF19N4. The van der Waals surface area contributed by atoms with Crippen molar-refractivity contribution in [1.29, 1.82) is 0 Å². The van der Waals surface area contributed by atoms with Crippen LogP contribution in [0.25, 0.3) is 74.5 Å². The minimum atomic E-state index is -7.66. The lowest BCUT2D eigenvalue weighted by atomic mass is 9.94. The summed E-state index contributed by atoms with van der Waals surface area (Å²) in [6, 6.07) is 16.4. The molecule has 7 rings (SSSR count). The molecule has 66 heavy (non-hydrogen) atoms. The van der Waals surface area contributed by atoms with E-state index in [4.69, 9.17) is 0 Å². The maximum absolute atomic E-state index is 16.4. The van der Waals surface area contributed by atoms with Crippen molar-refractivity contribution in [3.05, 3.63) is 125 Å². The fraction of sp³-hybridized carbons (Fsp3) is 0.190. The van der Waals surface area contributed by atoms with Gasteiger partial charge in [-0.05, 0) is 71.3 Å². The standard InChI is InChI=1S/C42H20ClF19N4/c43-41(58,59)39(54,55)37(50,51)35(46,47)32-27-17-15-23(65-27)29(19-7-3-1-4-8-19)21-11-13-25(63-21)31(33(44)34(45)36(48,49)38(52,53)40(56,57)42(60,61)62)26-14-12-22(64-26)30(20-9-5-2-6-10-20)24-16-18-28(32)66-24/h1-18,63-64H/b29-21?,29-23?,30-22?,30-24?,31-25?,31-26?,32-27?,32-28?,34-33+. The van der Waals surface area contributed by atoms with E-state index in [-0.39, 0.29) is 22.3 Å². The average molecular weight is 977 g/mol. The maximum Gasteiger partial charge on any atom is 0.460 e. The lowest BCUT2D eigenvalue weighted by molar-refractivity contribution is -0.391. The topological polar surface area (TPSA) is 57.4 Å². The fourth-order valence-electron chi connectivity index (χ4n) is 6.87. The average Bonchev–Trinajstić information content (AvgIpc) is 4.08. The van der Waals surface area contributed by atoms with Crippen molar-refractivity contribution < 1.29 is 83.4 Å². The number of nitrogens with zero attached hydrogens (tertiary/aromatic N) is 2. The number of alkyl halides is 18. The van der Waals surface area contributed by atoms with Gasteiger partial charge in [0, 0.05) is 22.2 Å². The predicted molar refractivity (Wildman–Crippen MR) is 204 cm³/mol. The van der Waals surface area contributed by atoms with Gasteiger partial charge in [0.05, 0.1) is 44.9 Å². The van der Waals surface area contributed by atoms with Crippen molar-refractivity contribution >= 4 is 63.8 Å². The number of fused-ring (bicyclic) bond motifs is 8. The molecule has 0 fully saturated rings. The van der Waals surface area contributed by atoms with Crippen LogP contribution in [0.1, 0.15) is 33.9 Å². The molecule has 2 N–H and O–H groups in total. The van der Waals surface area contributed by atoms with Gasteiger partial charge in [0.15, 0.2) is 5.83 Å². The Bertz CT molecular complexity index is 2840. The number of benzene rings is 2. The molecule has 0 unspecified atom stereocenters. The Morgan fingerprint density at radius 1 is 0.439 bits per heavy atom. The summed E-state index contributed by atoms with van der Waals surface area (Å²) in [6.45, 7) is 0. The predicted octanol–water partition coefficient (Wildman–Crippen LogP) is 15.3. The third-order valence-electron chi connectivity index (χ3n) is 10.2. The van der Waals surface area contributed by atoms with Crippen LogP contribution in [0.5, 0.6) is 0 Å². The summed E-state index contributed by atoms with van der Waals surface area (Å²) < 4.78 is 278. The first kappa shape index (κ1) is 47.7. The number of H-pyrrole nitrogens is 2. The van der Waals surface area contributed by atoms with Crippen molar-refractivity contribution in [3.63, 3.8) is 0 Å². The normalized spacial score (nSPS) is 14.8. The number of hydrogen-bond donors (Lipinski definition) is 2. The summed E-state index contributed by atoms with van der Waals surface area (Å²) in [5, 5.41) is -6.27. The highest BCUT2D eigenvalue weighted by Gasteiger charge is 2.84. The molecular weight excluding hydrogens is 957 g/mol. The monoisotopic (exact) mass is 976 g/mol. The van der Waals surface area contributed by atoms with Gasteiger partial charge < -0.3 is 9.97 Å². The molecule has 0 aliphatic carbocycles. The molecule has 0 amide bonds. The Kier molecular flexibility index (Phi) is 11.3. The molecule has 0 saturated carbocycles. The van der Waals surface area contributed by atoms with E-state index in [0.717, 1.165) is 36.4 Å². The van der Waals surface area contributed by atoms with Crippen LogP contribution in [0.4, 0.5) is 83.4 Å². The Morgan fingerprint density at radius 3 is 1.20 bits per heavy atom. The quantitative estimate of drug-likeness (QED) is 0.106. The fourth-order valence-corrected chi connectivity index (χ4v) is 6.99. The number of hydrogen-bond acceptors (Lipinski definition) is 2. The lowest BCUT2D eigenvalue weighted by Crippen LogP contribution is -2.61. The van der Waals surface area contributed by atoms with Crippen LogP contribution in [-0.2, 0) is 5.92 Å². The first-order valence-corrected chi connectivity index (χ1v) is 18.5. The second-order valence-corrected chi connectivity index (χ2v) is 14.8. The van der Waals surface area contributed by atoms with Crippen molar-refractivity contribution in [1.82, 2.24) is 19.9 Å². The van der Waals surface area contributed by atoms with E-state index in [2.05, 4.69) is 31.5 Å². The molecule has 24 heteroatoms. The Labute approximate surface area is 360 Å². The summed E-state index contributed by atoms with van der Waals surface area (Å²) in [7, 11) is 0. The number of rotatable bonds is 10. The molecule has 8 bridgehead atoms. The van der Waals surface area contributed by atoms with Crippen LogP contribution in [0, 0.1) is 0 Å². The van der Waals surface area contributed by atoms with Crippen LogP contribution in [0.2, 0.25) is 0 Å². The van der Waals surface area contributed by atoms with Gasteiger partial charge >= 0.3 is 47.1 Å². The van der Waals surface area contributed by atoms with E-state index in [1.54, 1.807) is 0 Å². The third kappa shape index (κ3) is 7.28. The molecule has 348 valence electrons. The Morgan fingerprint density at radius 2 is 0.818 bits per heavy atom. The molecule has 2 aliphatic rings. The summed E-state index contributed by atoms with van der Waals surface area (Å²) >= 11 is 4.25. The maximum atomic E-state index is 16.4. The largest absolute Gasteiger partial charge is 0.460 e. The molecule has 2 aliphatic heterocycles. The molecule has 0 saturated heterocycles. The first-order chi connectivity index (χ1) is 30.4. The van der Waals surface area contributed by atoms with Crippen molar-refractivity contribution in [3.8, 4) is 22.3 Å². The Balaban J connectivity index is 1.69. The molecule has 2 aromatic carbocycles. The van der Waals surface area contributed by atoms with Gasteiger partial charge in [-0.25, -0.2) is 18.7 Å². The first-order valence-electron chi connectivity index (χ1n) is 18.1. The van der Waals surface area contributed by atoms with Gasteiger partial charge in [-0.1, -0.05) is 60.7 Å². The van der Waals surface area contributed by atoms with Crippen molar-refractivity contribution in [2.75, 3.05) is 0 Å². The van der Waals surface area contributed by atoms with Crippen LogP contribution in [0.15, 0.2) is 90.8 Å². The van der Waals surface area contributed by atoms with Gasteiger partial charge in [-0.3, -0.25) is 0 Å². The van der Waals surface area contributed by atoms with Crippen LogP contribution < -0.4 is 0 Å². The number of aromatic nitrogens is 4. The number of allylic oxidation sites excluding steroid dienone is 1. The lowest BCUT2D eigenvalue weighted by Gasteiger charge is -2.34. The number of halogens is 20. The highest BCUT2D eigenvalue weighted by molar-refractivity contribution is 6.22. The van der Waals surface area contributed by atoms with E-state index in [1.807, 2.05) is 0 Å². The zero-order chi connectivity index (χ0) is 48.8. The molecule has 5 heterocycles. The highest BCUT2D eigenvalue weighted by Crippen LogP contribution is 2.59. The minimum Gasteiger partial charge on any atom is -0.354 e. The number of nitrogens with one attached hydrogen (secondary N) is 2. The van der Waals surface area contributed by atoms with Crippen molar-refractivity contribution in [2.45, 2.75) is 47.1 Å². The van der Waals surface area contributed by atoms with Crippen LogP contribution in [0.3, 0.4) is 0 Å². The Hall–Kier alpha value is -6.26. The van der Waals surface area contributed by atoms with Crippen LogP contribution >= 0.6 is 11.6 Å². The van der Waals surface area contributed by atoms with E-state index in [1.165, 1.54) is 60.7 Å². The van der Waals surface area contributed by atoms with Gasteiger partial charge in [0.1, 0.15) is 0 Å². The molecule has 0 radical (unpaired) electrons. The van der Waals surface area contributed by atoms with Gasteiger partial charge in [0.25, 0.3) is 0 Å². The van der Waals surface area contributed by atoms with Crippen molar-refractivity contribution in [2.24, 2.45) is 0 Å². The summed E-state index contributed by atoms with van der Waals surface area (Å²) in [5.74, 6) is -50.0. The molecule has 0 spiro atoms. The highest BCUT2D eigenvalue weighted by atomic mass is 35.5. The molecule has 5 aromatic rings. The van der Waals surface area contributed by atoms with Gasteiger partial charge in [-0.15, -0.1) is 0 Å². The smallest absolute Gasteiger partial charge is 0.354 e. The molecule has 0 atom stereocenters. The summed E-state index contributed by atoms with van der Waals surface area (Å²) in [6.07, 6.45) is -4.70. The summed E-state index contributed by atoms with van der Waals surface area (Å²) in [5.41, 5.74) is -11.0. The van der Waals surface area contributed by atoms with E-state index in [0.29, 0.717) is 12.2 Å². The van der Waals surface area contributed by atoms with E-state index >= 15 is 35.1 Å². The SMILES string of the molecule is F/C(=C(/F)C(F)(F)C(F)(F)C(F)(F)C(F)(F)F)c1c2ccc([nH]2)c(-c2ccccc2)c2nc(c(C(F)(F)C(F)(F)C(F)(F)C(F)(F)Cl)c3nc(c(-c4ccccc4)c4ccc1[nH]4)C=C3)C=C2.